The Kier molecular flexibility index (Phi) is 7.32. The number of halogens is 1. The summed E-state index contributed by atoms with van der Waals surface area (Å²) in [4.78, 5) is 26.8. The van der Waals surface area contributed by atoms with E-state index in [0.29, 0.717) is 36.6 Å². The fourth-order valence-electron chi connectivity index (χ4n) is 4.19. The second-order valence-corrected chi connectivity index (χ2v) is 9.73. The van der Waals surface area contributed by atoms with E-state index in [1.54, 1.807) is 29.2 Å². The summed E-state index contributed by atoms with van der Waals surface area (Å²) >= 11 is 0. The van der Waals surface area contributed by atoms with Gasteiger partial charge in [0.2, 0.25) is 0 Å². The first kappa shape index (κ1) is 26.3. The molecule has 3 heterocycles. The molecule has 1 atom stereocenters. The van der Waals surface area contributed by atoms with Crippen molar-refractivity contribution in [3.05, 3.63) is 87.2 Å². The number of nitrogens with zero attached hydrogens (tertiary/aromatic N) is 3. The topological polar surface area (TPSA) is 163 Å². The second-order valence-electron chi connectivity index (χ2n) is 8.91. The van der Waals surface area contributed by atoms with Gasteiger partial charge in [-0.15, -0.1) is 0 Å². The number of carbonyl (C=O) groups excluding carboxylic acids is 1. The smallest absolute Gasteiger partial charge is 0.759 e. The van der Waals surface area contributed by atoms with E-state index in [1.807, 2.05) is 18.3 Å². The lowest BCUT2D eigenvalue weighted by Gasteiger charge is -2.17. The van der Waals surface area contributed by atoms with Crippen LogP contribution in [0.5, 0.6) is 0 Å². The van der Waals surface area contributed by atoms with Crippen molar-refractivity contribution in [2.75, 3.05) is 13.1 Å². The minimum Gasteiger partial charge on any atom is -0.759 e. The highest BCUT2D eigenvalue weighted by atomic mass is 32.3. The average Bonchev–Trinajstić information content (AvgIpc) is 3.41. The third kappa shape index (κ3) is 6.14. The fraction of sp³-hybridized carbons (Fsp3) is 0.250. The maximum Gasteiger partial charge on any atom is 1.00 e. The van der Waals surface area contributed by atoms with E-state index in [2.05, 4.69) is 29.1 Å². The van der Waals surface area contributed by atoms with E-state index < -0.39 is 16.2 Å². The molecule has 1 unspecified atom stereocenters. The van der Waals surface area contributed by atoms with Crippen molar-refractivity contribution in [1.82, 2.24) is 15.1 Å². The summed E-state index contributed by atoms with van der Waals surface area (Å²) in [5.41, 5.74) is 3.10. The Bertz CT molecular complexity index is 1580. The molecule has 0 saturated carbocycles. The van der Waals surface area contributed by atoms with Gasteiger partial charge in [-0.05, 0) is 37.6 Å². The predicted molar refractivity (Wildman–Crippen MR) is 131 cm³/mol. The standard InChI is InChI=1S/C24H22FN5O2.H2O4S/c1-14(2)30-12-16-11-29(13-22(16)28-30)24(32)19-9-15(7-8-20(19)25)10-21-17-5-3-4-6-18(17)23(31)27-26-21;1-5(2,3)4/h3-9,12,14H,10-11,13H2,1-2H3,(H,27,31);(H2,1,2,3,4). The molecule has 1 amide bonds. The molecule has 0 bridgehead atoms. The normalized spacial score (nSPS) is 16.8. The van der Waals surface area contributed by atoms with Gasteiger partial charge in [0.05, 0.1) is 35.3 Å². The zero-order valence-corrected chi connectivity index (χ0v) is 20.7. The van der Waals surface area contributed by atoms with E-state index >= 15 is 0 Å². The highest BCUT2D eigenvalue weighted by Crippen LogP contribution is 2.22. The number of quaternary nitrogens is 1. The van der Waals surface area contributed by atoms with E-state index in [0.717, 1.165) is 27.2 Å². The second kappa shape index (κ2) is 10.3. The Balaban J connectivity index is 0.000000612. The molecule has 0 spiro atoms. The fourth-order valence-corrected chi connectivity index (χ4v) is 4.19. The van der Waals surface area contributed by atoms with Gasteiger partial charge in [0, 0.05) is 22.2 Å². The molecular formula is C24H24FN5O6S. The molecule has 13 heteroatoms. The Morgan fingerprint density at radius 2 is 1.86 bits per heavy atom. The highest BCUT2D eigenvalue weighted by Gasteiger charge is 2.36. The summed E-state index contributed by atoms with van der Waals surface area (Å²) < 4.78 is 48.7. The zero-order valence-electron chi connectivity index (χ0n) is 20.9. The zero-order chi connectivity index (χ0) is 26.9. The average molecular weight is 530 g/mol. The molecule has 11 nitrogen and oxygen atoms in total. The molecule has 3 aromatic rings. The number of benzene rings is 2. The number of fused-ring (bicyclic) bond motifs is 2. The largest absolute Gasteiger partial charge is 1.00 e. The van der Waals surface area contributed by atoms with Crippen molar-refractivity contribution in [3.63, 3.8) is 0 Å². The first-order valence-electron chi connectivity index (χ1n) is 11.3. The number of hydrogen-bond donors (Lipinski definition) is 2. The molecule has 1 aromatic heterocycles. The van der Waals surface area contributed by atoms with Crippen molar-refractivity contribution >= 4 is 32.8 Å². The number of likely N-dealkylation sites (tertiary alicyclic amines) is 1. The van der Waals surface area contributed by atoms with Crippen molar-refractivity contribution in [2.45, 2.75) is 26.3 Å². The van der Waals surface area contributed by atoms with Crippen LogP contribution in [0.1, 0.15) is 36.9 Å². The van der Waals surface area contributed by atoms with E-state index in [-0.39, 0.29) is 18.5 Å². The van der Waals surface area contributed by atoms with Crippen molar-refractivity contribution in [2.24, 2.45) is 5.10 Å². The molecule has 5 rings (SSSR count). The van der Waals surface area contributed by atoms with E-state index in [9.17, 15) is 14.0 Å². The van der Waals surface area contributed by atoms with Gasteiger partial charge in [0.25, 0.3) is 11.5 Å². The molecule has 2 aliphatic heterocycles. The maximum absolute atomic E-state index is 14.6. The number of rotatable bonds is 4. The van der Waals surface area contributed by atoms with Crippen LogP contribution in [-0.4, -0.2) is 63.4 Å². The molecule has 0 aliphatic carbocycles. The summed E-state index contributed by atoms with van der Waals surface area (Å²) in [7, 11) is -5.17. The molecule has 1 saturated heterocycles. The molecule has 37 heavy (non-hydrogen) atoms. The van der Waals surface area contributed by atoms with Crippen LogP contribution in [0.2, 0.25) is 0 Å². The van der Waals surface area contributed by atoms with Crippen LogP contribution in [0.15, 0.2) is 64.1 Å². The molecule has 2 aliphatic rings. The van der Waals surface area contributed by atoms with Crippen LogP contribution >= 0.6 is 0 Å². The Morgan fingerprint density at radius 1 is 1.19 bits per heavy atom. The minimum atomic E-state index is -5.17. The van der Waals surface area contributed by atoms with Gasteiger partial charge < -0.3 is 14.0 Å². The minimum absolute atomic E-state index is 0. The third-order valence-electron chi connectivity index (χ3n) is 5.95. The number of amides is 1. The van der Waals surface area contributed by atoms with Crippen LogP contribution in [0.4, 0.5) is 4.39 Å². The van der Waals surface area contributed by atoms with E-state index in [4.69, 9.17) is 17.5 Å². The summed E-state index contributed by atoms with van der Waals surface area (Å²) in [5.74, 6) is -0.909. The van der Waals surface area contributed by atoms with Gasteiger partial charge in [-0.3, -0.25) is 18.0 Å². The quantitative estimate of drug-likeness (QED) is 0.366. The Hall–Kier alpha value is -3.78. The molecule has 0 radical (unpaired) electrons. The van der Waals surface area contributed by atoms with Gasteiger partial charge in [0.1, 0.15) is 23.8 Å². The Labute approximate surface area is 213 Å². The summed E-state index contributed by atoms with van der Waals surface area (Å²) in [6.45, 7) is 4.99. The first-order chi connectivity index (χ1) is 17.4. The van der Waals surface area contributed by atoms with E-state index in [1.165, 1.54) is 6.07 Å². The number of H-pyrrole nitrogens is 1. The van der Waals surface area contributed by atoms with Gasteiger partial charge in [0.15, 0.2) is 0 Å². The van der Waals surface area contributed by atoms with Gasteiger partial charge >= 0.3 is 1.43 Å². The highest BCUT2D eigenvalue weighted by molar-refractivity contribution is 7.79. The lowest BCUT2D eigenvalue weighted by Crippen LogP contribution is -3.05. The summed E-state index contributed by atoms with van der Waals surface area (Å²) in [6.07, 6.45) is 2.40. The van der Waals surface area contributed by atoms with Gasteiger partial charge in [-0.2, -0.15) is 10.1 Å². The molecule has 1 fully saturated rings. The van der Waals surface area contributed by atoms with Crippen LogP contribution < -0.4 is 10.6 Å². The van der Waals surface area contributed by atoms with Crippen LogP contribution in [-0.2, 0) is 16.8 Å². The Morgan fingerprint density at radius 3 is 2.51 bits per heavy atom. The number of aromatic amines is 1. The SMILES string of the molecule is CC(C)[NH+]1C=C2CN(C(=O)c3cc(Cc4n[nH]c(=O)c5ccccc45)ccc3F)CC2=N1.O=S(=O)([O-])[O-].[H+]. The lowest BCUT2D eigenvalue weighted by molar-refractivity contribution is -0.874. The van der Waals surface area contributed by atoms with Crippen LogP contribution in [0, 0.1) is 5.82 Å². The summed E-state index contributed by atoms with van der Waals surface area (Å²) in [6, 6.07) is 12.1. The third-order valence-corrected chi connectivity index (χ3v) is 5.95. The summed E-state index contributed by atoms with van der Waals surface area (Å²) in [5, 5.41) is 13.6. The molecule has 194 valence electrons. The molecule has 2 N–H and O–H groups in total. The van der Waals surface area contributed by atoms with Crippen LogP contribution in [0.3, 0.4) is 0 Å². The number of hydrogen-bond acceptors (Lipinski definition) is 8. The monoisotopic (exact) mass is 529 g/mol. The van der Waals surface area contributed by atoms with Crippen molar-refractivity contribution in [3.8, 4) is 0 Å². The van der Waals surface area contributed by atoms with Crippen molar-refractivity contribution < 1.29 is 33.1 Å². The predicted octanol–water partition coefficient (Wildman–Crippen LogP) is 0.430. The lowest BCUT2D eigenvalue weighted by atomic mass is 10.0. The number of carbonyl (C=O) groups is 1. The first-order valence-corrected chi connectivity index (χ1v) is 12.6. The van der Waals surface area contributed by atoms with Gasteiger partial charge in [-0.1, -0.05) is 29.4 Å². The number of nitrogens with one attached hydrogen (secondary N) is 2. The van der Waals surface area contributed by atoms with Crippen molar-refractivity contribution in [1.29, 1.82) is 0 Å². The molecular weight excluding hydrogens is 505 g/mol. The molecule has 2 aromatic carbocycles. The van der Waals surface area contributed by atoms with Crippen LogP contribution in [0.25, 0.3) is 10.8 Å². The maximum atomic E-state index is 14.6. The number of aromatic nitrogens is 2. The van der Waals surface area contributed by atoms with Gasteiger partial charge in [-0.25, -0.2) is 9.49 Å².